The zero-order valence-electron chi connectivity index (χ0n) is 7.37. The average Bonchev–Trinajstić information content (AvgIpc) is 2.09. The molecule has 0 bridgehead atoms. The number of allylic oxidation sites excluding steroid dienone is 1. The summed E-state index contributed by atoms with van der Waals surface area (Å²) in [5.74, 6) is 0.727. The zero-order chi connectivity index (χ0) is 8.97. The highest BCUT2D eigenvalue weighted by Crippen LogP contribution is 2.25. The maximum absolute atomic E-state index is 5.80. The summed E-state index contributed by atoms with van der Waals surface area (Å²) in [5, 5.41) is 0. The Bertz CT molecular complexity index is 292. The Labute approximate surface area is 72.7 Å². The Kier molecular flexibility index (Phi) is 2.75. The topological polar surface area (TPSA) is 35.2 Å². The van der Waals surface area contributed by atoms with Gasteiger partial charge in [0, 0.05) is 5.56 Å². The van der Waals surface area contributed by atoms with E-state index in [1.165, 1.54) is 0 Å². The SMILES string of the molecule is C/C=C/c1cccc(OC)c1N. The quantitative estimate of drug-likeness (QED) is 0.679. The summed E-state index contributed by atoms with van der Waals surface area (Å²) in [6.45, 7) is 1.96. The van der Waals surface area contributed by atoms with E-state index in [0.29, 0.717) is 5.69 Å². The van der Waals surface area contributed by atoms with Gasteiger partial charge in [-0.05, 0) is 13.0 Å². The van der Waals surface area contributed by atoms with Crippen LogP contribution in [0, 0.1) is 0 Å². The second kappa shape index (κ2) is 3.81. The molecule has 2 nitrogen and oxygen atoms in total. The molecule has 1 aromatic carbocycles. The summed E-state index contributed by atoms with van der Waals surface area (Å²) < 4.78 is 5.07. The normalized spacial score (nSPS) is 10.5. The minimum absolute atomic E-state index is 0.693. The molecule has 0 amide bonds. The van der Waals surface area contributed by atoms with Crippen LogP contribution in [-0.4, -0.2) is 7.11 Å². The molecule has 64 valence electrons. The Morgan fingerprint density at radius 2 is 2.17 bits per heavy atom. The Morgan fingerprint density at radius 1 is 1.42 bits per heavy atom. The molecule has 0 aliphatic carbocycles. The number of ether oxygens (including phenoxy) is 1. The van der Waals surface area contributed by atoms with Crippen LogP contribution in [0.25, 0.3) is 6.08 Å². The number of nitrogens with two attached hydrogens (primary N) is 1. The maximum atomic E-state index is 5.80. The highest BCUT2D eigenvalue weighted by atomic mass is 16.5. The largest absolute Gasteiger partial charge is 0.495 e. The first kappa shape index (κ1) is 8.65. The molecule has 2 heteroatoms. The van der Waals surface area contributed by atoms with Crippen LogP contribution >= 0.6 is 0 Å². The lowest BCUT2D eigenvalue weighted by molar-refractivity contribution is 0.417. The summed E-state index contributed by atoms with van der Waals surface area (Å²) in [6, 6.07) is 5.73. The predicted octanol–water partition coefficient (Wildman–Crippen LogP) is 2.31. The van der Waals surface area contributed by atoms with Crippen molar-refractivity contribution in [1.29, 1.82) is 0 Å². The molecular formula is C10H13NO. The van der Waals surface area contributed by atoms with Crippen molar-refractivity contribution in [1.82, 2.24) is 0 Å². The van der Waals surface area contributed by atoms with E-state index in [2.05, 4.69) is 0 Å². The second-order valence-corrected chi connectivity index (χ2v) is 2.46. The monoisotopic (exact) mass is 163 g/mol. The van der Waals surface area contributed by atoms with Gasteiger partial charge in [-0.3, -0.25) is 0 Å². The Balaban J connectivity index is 3.13. The van der Waals surface area contributed by atoms with Gasteiger partial charge < -0.3 is 10.5 Å². The average molecular weight is 163 g/mol. The van der Waals surface area contributed by atoms with Gasteiger partial charge in [-0.25, -0.2) is 0 Å². The van der Waals surface area contributed by atoms with Crippen molar-refractivity contribution >= 4 is 11.8 Å². The lowest BCUT2D eigenvalue weighted by Gasteiger charge is -2.05. The number of benzene rings is 1. The molecule has 0 fully saturated rings. The molecular weight excluding hydrogens is 150 g/mol. The summed E-state index contributed by atoms with van der Waals surface area (Å²) in [7, 11) is 1.62. The number of hydrogen-bond acceptors (Lipinski definition) is 2. The lowest BCUT2D eigenvalue weighted by atomic mass is 10.1. The van der Waals surface area contributed by atoms with Gasteiger partial charge >= 0.3 is 0 Å². The number of methoxy groups -OCH3 is 1. The van der Waals surface area contributed by atoms with E-state index >= 15 is 0 Å². The van der Waals surface area contributed by atoms with Crippen LogP contribution in [-0.2, 0) is 0 Å². The van der Waals surface area contributed by atoms with Gasteiger partial charge in [0.05, 0.1) is 12.8 Å². The van der Waals surface area contributed by atoms with Crippen LogP contribution in [0.4, 0.5) is 5.69 Å². The molecule has 0 aliphatic heterocycles. The molecule has 0 aromatic heterocycles. The van der Waals surface area contributed by atoms with Crippen molar-refractivity contribution in [2.24, 2.45) is 0 Å². The molecule has 0 saturated carbocycles. The summed E-state index contributed by atoms with van der Waals surface area (Å²) in [5.41, 5.74) is 7.49. The fourth-order valence-corrected chi connectivity index (χ4v) is 1.06. The smallest absolute Gasteiger partial charge is 0.142 e. The van der Waals surface area contributed by atoms with Gasteiger partial charge in [0.15, 0.2) is 0 Å². The second-order valence-electron chi connectivity index (χ2n) is 2.46. The minimum Gasteiger partial charge on any atom is -0.495 e. The first-order valence-electron chi connectivity index (χ1n) is 3.84. The Hall–Kier alpha value is -1.44. The minimum atomic E-state index is 0.693. The van der Waals surface area contributed by atoms with Crippen molar-refractivity contribution in [2.45, 2.75) is 6.92 Å². The molecule has 1 aromatic rings. The van der Waals surface area contributed by atoms with E-state index in [-0.39, 0.29) is 0 Å². The Morgan fingerprint density at radius 3 is 2.75 bits per heavy atom. The number of para-hydroxylation sites is 1. The van der Waals surface area contributed by atoms with Gasteiger partial charge in [0.2, 0.25) is 0 Å². The van der Waals surface area contributed by atoms with E-state index in [0.717, 1.165) is 11.3 Å². The molecule has 0 heterocycles. The molecule has 0 aliphatic rings. The number of nitrogen functional groups attached to an aromatic ring is 1. The predicted molar refractivity (Wildman–Crippen MR) is 52.1 cm³/mol. The van der Waals surface area contributed by atoms with Gasteiger partial charge in [-0.1, -0.05) is 24.3 Å². The number of rotatable bonds is 2. The highest BCUT2D eigenvalue weighted by Gasteiger charge is 2.00. The maximum Gasteiger partial charge on any atom is 0.142 e. The van der Waals surface area contributed by atoms with Gasteiger partial charge in [-0.2, -0.15) is 0 Å². The standard InChI is InChI=1S/C10H13NO/c1-3-5-8-6-4-7-9(12-2)10(8)11/h3-7H,11H2,1-2H3/b5-3+. The van der Waals surface area contributed by atoms with Crippen molar-refractivity contribution in [3.8, 4) is 5.75 Å². The van der Waals surface area contributed by atoms with Crippen LogP contribution in [0.15, 0.2) is 24.3 Å². The van der Waals surface area contributed by atoms with E-state index in [9.17, 15) is 0 Å². The van der Waals surface area contributed by atoms with Crippen LogP contribution in [0.2, 0.25) is 0 Å². The van der Waals surface area contributed by atoms with Crippen molar-refractivity contribution in [3.05, 3.63) is 29.8 Å². The lowest BCUT2D eigenvalue weighted by Crippen LogP contribution is -1.94. The van der Waals surface area contributed by atoms with Crippen molar-refractivity contribution in [2.75, 3.05) is 12.8 Å². The first-order chi connectivity index (χ1) is 5.79. The van der Waals surface area contributed by atoms with Gasteiger partial charge in [0.25, 0.3) is 0 Å². The third kappa shape index (κ3) is 1.59. The third-order valence-electron chi connectivity index (χ3n) is 1.67. The van der Waals surface area contributed by atoms with E-state index in [4.69, 9.17) is 10.5 Å². The van der Waals surface area contributed by atoms with Crippen molar-refractivity contribution < 1.29 is 4.74 Å². The van der Waals surface area contributed by atoms with Crippen LogP contribution in [0.5, 0.6) is 5.75 Å². The highest BCUT2D eigenvalue weighted by molar-refractivity contribution is 5.70. The fourth-order valence-electron chi connectivity index (χ4n) is 1.06. The fraction of sp³-hybridized carbons (Fsp3) is 0.200. The van der Waals surface area contributed by atoms with Crippen LogP contribution in [0.1, 0.15) is 12.5 Å². The zero-order valence-corrected chi connectivity index (χ0v) is 7.37. The summed E-state index contributed by atoms with van der Waals surface area (Å²) in [4.78, 5) is 0. The van der Waals surface area contributed by atoms with Gasteiger partial charge in [-0.15, -0.1) is 0 Å². The molecule has 2 N–H and O–H groups in total. The molecule has 0 unspecified atom stereocenters. The first-order valence-corrected chi connectivity index (χ1v) is 3.84. The molecule has 0 spiro atoms. The summed E-state index contributed by atoms with van der Waals surface area (Å²) in [6.07, 6.45) is 3.91. The van der Waals surface area contributed by atoms with Crippen molar-refractivity contribution in [3.63, 3.8) is 0 Å². The van der Waals surface area contributed by atoms with E-state index in [1.54, 1.807) is 7.11 Å². The third-order valence-corrected chi connectivity index (χ3v) is 1.67. The van der Waals surface area contributed by atoms with Gasteiger partial charge in [0.1, 0.15) is 5.75 Å². The summed E-state index contributed by atoms with van der Waals surface area (Å²) >= 11 is 0. The van der Waals surface area contributed by atoms with E-state index in [1.807, 2.05) is 37.3 Å². The number of anilines is 1. The number of hydrogen-bond donors (Lipinski definition) is 1. The van der Waals surface area contributed by atoms with E-state index < -0.39 is 0 Å². The molecule has 1 rings (SSSR count). The molecule has 0 saturated heterocycles. The molecule has 0 atom stereocenters. The molecule has 12 heavy (non-hydrogen) atoms. The molecule has 0 radical (unpaired) electrons. The van der Waals surface area contributed by atoms with Crippen LogP contribution < -0.4 is 10.5 Å². The van der Waals surface area contributed by atoms with Crippen LogP contribution in [0.3, 0.4) is 0 Å².